The average Bonchev–Trinajstić information content (AvgIpc) is 2.85. The number of hydrogen-bond donors (Lipinski definition) is 2. The summed E-state index contributed by atoms with van der Waals surface area (Å²) in [6, 6.07) is 0. The molecule has 1 saturated heterocycles. The van der Waals surface area contributed by atoms with Crippen LogP contribution in [0.1, 0.15) is 45.4 Å². The lowest BCUT2D eigenvalue weighted by Crippen LogP contribution is -2.28. The predicted octanol–water partition coefficient (Wildman–Crippen LogP) is 1.35. The van der Waals surface area contributed by atoms with Gasteiger partial charge in [0.15, 0.2) is 0 Å². The molecule has 0 radical (unpaired) electrons. The molecule has 0 aromatic heterocycles. The molecule has 1 aliphatic heterocycles. The highest BCUT2D eigenvalue weighted by Gasteiger charge is 2.10. The van der Waals surface area contributed by atoms with Crippen LogP contribution >= 0.6 is 0 Å². The second kappa shape index (κ2) is 9.34. The van der Waals surface area contributed by atoms with E-state index in [-0.39, 0.29) is 5.91 Å². The Kier molecular flexibility index (Phi) is 8.01. The van der Waals surface area contributed by atoms with Crippen LogP contribution in [-0.2, 0) is 4.79 Å². The zero-order chi connectivity index (χ0) is 13.2. The lowest BCUT2D eigenvalue weighted by molar-refractivity contribution is -0.121. The quantitative estimate of drug-likeness (QED) is 0.612. The van der Waals surface area contributed by atoms with Gasteiger partial charge in [0, 0.05) is 13.0 Å². The molecule has 1 atom stereocenters. The molecule has 1 unspecified atom stereocenters. The van der Waals surface area contributed by atoms with Gasteiger partial charge in [0.1, 0.15) is 0 Å². The number of carbonyl (C=O) groups is 1. The Morgan fingerprint density at radius 3 is 2.72 bits per heavy atom. The number of rotatable bonds is 9. The molecule has 4 nitrogen and oxygen atoms in total. The van der Waals surface area contributed by atoms with E-state index in [0.717, 1.165) is 38.9 Å². The molecule has 106 valence electrons. The standard InChI is InChI=1S/C14H29N3O/c1-13(7-8-15)5-6-14(18)16-9-4-12-17-10-2-3-11-17/h13H,2-12,15H2,1H3,(H,16,18). The molecular formula is C14H29N3O. The van der Waals surface area contributed by atoms with Gasteiger partial charge in [-0.3, -0.25) is 4.79 Å². The van der Waals surface area contributed by atoms with E-state index in [1.54, 1.807) is 0 Å². The Hall–Kier alpha value is -0.610. The van der Waals surface area contributed by atoms with E-state index in [1.807, 2.05) is 0 Å². The van der Waals surface area contributed by atoms with Crippen molar-refractivity contribution in [3.8, 4) is 0 Å². The third kappa shape index (κ3) is 6.97. The van der Waals surface area contributed by atoms with Crippen LogP contribution in [0.3, 0.4) is 0 Å². The van der Waals surface area contributed by atoms with Crippen LogP contribution in [0, 0.1) is 5.92 Å². The second-order valence-electron chi connectivity index (χ2n) is 5.47. The Morgan fingerprint density at radius 2 is 2.06 bits per heavy atom. The fourth-order valence-corrected chi connectivity index (χ4v) is 2.43. The van der Waals surface area contributed by atoms with Gasteiger partial charge in [-0.2, -0.15) is 0 Å². The molecule has 0 bridgehead atoms. The maximum atomic E-state index is 11.6. The zero-order valence-corrected chi connectivity index (χ0v) is 11.8. The zero-order valence-electron chi connectivity index (χ0n) is 11.8. The van der Waals surface area contributed by atoms with E-state index < -0.39 is 0 Å². The van der Waals surface area contributed by atoms with Crippen molar-refractivity contribution < 1.29 is 4.79 Å². The minimum Gasteiger partial charge on any atom is -0.356 e. The number of nitrogens with zero attached hydrogens (tertiary/aromatic N) is 1. The highest BCUT2D eigenvalue weighted by Crippen LogP contribution is 2.09. The summed E-state index contributed by atoms with van der Waals surface area (Å²) in [5, 5.41) is 3.01. The summed E-state index contributed by atoms with van der Waals surface area (Å²) in [5.74, 6) is 0.755. The Balaban J connectivity index is 1.92. The van der Waals surface area contributed by atoms with E-state index in [4.69, 9.17) is 5.73 Å². The third-order valence-electron chi connectivity index (χ3n) is 3.70. The number of amides is 1. The molecule has 18 heavy (non-hydrogen) atoms. The smallest absolute Gasteiger partial charge is 0.220 e. The van der Waals surface area contributed by atoms with E-state index in [0.29, 0.717) is 12.3 Å². The Labute approximate surface area is 111 Å². The van der Waals surface area contributed by atoms with Gasteiger partial charge < -0.3 is 16.0 Å². The number of carbonyl (C=O) groups excluding carboxylic acids is 1. The molecule has 0 aromatic rings. The summed E-state index contributed by atoms with van der Waals surface area (Å²) < 4.78 is 0. The Bertz CT molecular complexity index is 227. The van der Waals surface area contributed by atoms with E-state index in [2.05, 4.69) is 17.1 Å². The molecule has 1 fully saturated rings. The monoisotopic (exact) mass is 255 g/mol. The maximum absolute atomic E-state index is 11.6. The lowest BCUT2D eigenvalue weighted by Gasteiger charge is -2.14. The number of likely N-dealkylation sites (tertiary alicyclic amines) is 1. The summed E-state index contributed by atoms with van der Waals surface area (Å²) in [5.41, 5.74) is 5.49. The van der Waals surface area contributed by atoms with Gasteiger partial charge in [0.2, 0.25) is 5.91 Å². The number of nitrogens with one attached hydrogen (secondary N) is 1. The van der Waals surface area contributed by atoms with E-state index in [1.165, 1.54) is 25.9 Å². The molecule has 1 rings (SSSR count). The van der Waals surface area contributed by atoms with Gasteiger partial charge >= 0.3 is 0 Å². The maximum Gasteiger partial charge on any atom is 0.220 e. The molecule has 0 saturated carbocycles. The van der Waals surface area contributed by atoms with Crippen LogP contribution in [0.25, 0.3) is 0 Å². The number of hydrogen-bond acceptors (Lipinski definition) is 3. The first-order chi connectivity index (χ1) is 8.72. The van der Waals surface area contributed by atoms with Crippen LogP contribution in [0.4, 0.5) is 0 Å². The van der Waals surface area contributed by atoms with Gasteiger partial charge in [-0.05, 0) is 64.2 Å². The van der Waals surface area contributed by atoms with E-state index in [9.17, 15) is 4.79 Å². The molecule has 1 amide bonds. The van der Waals surface area contributed by atoms with Crippen molar-refractivity contribution in [3.05, 3.63) is 0 Å². The minimum atomic E-state index is 0.195. The normalized spacial score (nSPS) is 17.9. The fourth-order valence-electron chi connectivity index (χ4n) is 2.43. The average molecular weight is 255 g/mol. The molecular weight excluding hydrogens is 226 g/mol. The van der Waals surface area contributed by atoms with Crippen molar-refractivity contribution in [2.24, 2.45) is 11.7 Å². The fraction of sp³-hybridized carbons (Fsp3) is 0.929. The summed E-state index contributed by atoms with van der Waals surface area (Å²) in [7, 11) is 0. The summed E-state index contributed by atoms with van der Waals surface area (Å²) in [6.07, 6.45) is 6.36. The molecule has 1 aliphatic rings. The summed E-state index contributed by atoms with van der Waals surface area (Å²) in [6.45, 7) is 7.31. The van der Waals surface area contributed by atoms with Crippen LogP contribution in [-0.4, -0.2) is 43.5 Å². The first-order valence-electron chi connectivity index (χ1n) is 7.41. The van der Waals surface area contributed by atoms with Crippen molar-refractivity contribution in [2.75, 3.05) is 32.7 Å². The van der Waals surface area contributed by atoms with Crippen LogP contribution in [0.5, 0.6) is 0 Å². The minimum absolute atomic E-state index is 0.195. The Morgan fingerprint density at radius 1 is 1.33 bits per heavy atom. The van der Waals surface area contributed by atoms with Crippen LogP contribution < -0.4 is 11.1 Å². The van der Waals surface area contributed by atoms with Crippen LogP contribution in [0.15, 0.2) is 0 Å². The predicted molar refractivity (Wildman–Crippen MR) is 75.4 cm³/mol. The largest absolute Gasteiger partial charge is 0.356 e. The van der Waals surface area contributed by atoms with Crippen molar-refractivity contribution >= 4 is 5.91 Å². The highest BCUT2D eigenvalue weighted by atomic mass is 16.1. The molecule has 0 aliphatic carbocycles. The lowest BCUT2D eigenvalue weighted by atomic mass is 10.0. The molecule has 0 spiro atoms. The first kappa shape index (κ1) is 15.4. The summed E-state index contributed by atoms with van der Waals surface area (Å²) >= 11 is 0. The summed E-state index contributed by atoms with van der Waals surface area (Å²) in [4.78, 5) is 14.1. The highest BCUT2D eigenvalue weighted by molar-refractivity contribution is 5.75. The molecule has 3 N–H and O–H groups in total. The van der Waals surface area contributed by atoms with Crippen molar-refractivity contribution in [1.82, 2.24) is 10.2 Å². The van der Waals surface area contributed by atoms with Crippen molar-refractivity contribution in [2.45, 2.75) is 45.4 Å². The van der Waals surface area contributed by atoms with Gasteiger partial charge in [-0.15, -0.1) is 0 Å². The second-order valence-corrected chi connectivity index (χ2v) is 5.47. The van der Waals surface area contributed by atoms with Gasteiger partial charge in [0.25, 0.3) is 0 Å². The first-order valence-corrected chi connectivity index (χ1v) is 7.41. The van der Waals surface area contributed by atoms with Gasteiger partial charge in [-0.25, -0.2) is 0 Å². The van der Waals surface area contributed by atoms with Gasteiger partial charge in [-0.1, -0.05) is 6.92 Å². The van der Waals surface area contributed by atoms with Gasteiger partial charge in [0.05, 0.1) is 0 Å². The molecule has 4 heteroatoms. The van der Waals surface area contributed by atoms with E-state index >= 15 is 0 Å². The number of nitrogens with two attached hydrogens (primary N) is 1. The molecule has 0 aromatic carbocycles. The SMILES string of the molecule is CC(CCN)CCC(=O)NCCCN1CCCC1. The topological polar surface area (TPSA) is 58.4 Å². The van der Waals surface area contributed by atoms with Crippen molar-refractivity contribution in [1.29, 1.82) is 0 Å². The van der Waals surface area contributed by atoms with Crippen LogP contribution in [0.2, 0.25) is 0 Å². The third-order valence-corrected chi connectivity index (χ3v) is 3.70. The molecule has 1 heterocycles. The van der Waals surface area contributed by atoms with Crippen molar-refractivity contribution in [3.63, 3.8) is 0 Å².